The van der Waals surface area contributed by atoms with Crippen LogP contribution in [0.15, 0.2) is 24.3 Å². The summed E-state index contributed by atoms with van der Waals surface area (Å²) in [7, 11) is 0. The first-order chi connectivity index (χ1) is 15.0. The lowest BCUT2D eigenvalue weighted by Gasteiger charge is -2.48. The third-order valence-electron chi connectivity index (χ3n) is 6.86. The number of para-hydroxylation sites is 1. The Morgan fingerprint density at radius 1 is 1.00 bits per heavy atom. The largest absolute Gasteiger partial charge is 0.339 e. The fraction of sp³-hybridized carbons (Fsp3) is 0.583. The molecular weight excluding hydrogens is 408 g/mol. The topological polar surface area (TPSA) is 81.2 Å². The Labute approximate surface area is 189 Å². The number of amides is 4. The molecule has 0 N–H and O–H groups in total. The molecule has 4 amide bonds. The van der Waals surface area contributed by atoms with Crippen molar-refractivity contribution in [1.82, 2.24) is 14.7 Å². The van der Waals surface area contributed by atoms with Crippen LogP contribution in [0.1, 0.15) is 57.3 Å². The standard InChI is InChI=1S/C24H32N4O4/c1-23(2,3)22(32)26-15-13-25(14-16-26)19(29)10-12-27-21(31)17-7-5-6-8-18(17)28-20(30)9-11-24(27,28)4/h5-8H,9-16H2,1-4H3. The van der Waals surface area contributed by atoms with E-state index in [0.717, 1.165) is 0 Å². The van der Waals surface area contributed by atoms with Crippen molar-refractivity contribution in [3.63, 3.8) is 0 Å². The van der Waals surface area contributed by atoms with Gasteiger partial charge in [0.15, 0.2) is 0 Å². The van der Waals surface area contributed by atoms with Crippen molar-refractivity contribution in [1.29, 1.82) is 0 Å². The minimum atomic E-state index is -0.749. The van der Waals surface area contributed by atoms with Crippen molar-refractivity contribution in [3.8, 4) is 0 Å². The lowest BCUT2D eigenvalue weighted by Crippen LogP contribution is -2.62. The molecular formula is C24H32N4O4. The van der Waals surface area contributed by atoms with Crippen molar-refractivity contribution in [3.05, 3.63) is 29.8 Å². The third-order valence-corrected chi connectivity index (χ3v) is 6.86. The lowest BCUT2D eigenvalue weighted by atomic mass is 9.94. The van der Waals surface area contributed by atoms with Gasteiger partial charge in [-0.15, -0.1) is 0 Å². The first-order valence-corrected chi connectivity index (χ1v) is 11.4. The molecule has 3 heterocycles. The SMILES string of the molecule is CC(C)(C)C(=O)N1CCN(C(=O)CCN2C(=O)c3ccccc3N3C(=O)CCC23C)CC1. The number of anilines is 1. The Kier molecular flexibility index (Phi) is 5.51. The summed E-state index contributed by atoms with van der Waals surface area (Å²) in [4.78, 5) is 58.4. The van der Waals surface area contributed by atoms with E-state index in [0.29, 0.717) is 50.3 Å². The van der Waals surface area contributed by atoms with E-state index in [-0.39, 0.29) is 36.6 Å². The Bertz CT molecular complexity index is 961. The quantitative estimate of drug-likeness (QED) is 0.721. The number of nitrogens with zero attached hydrogens (tertiary/aromatic N) is 4. The second-order valence-electron chi connectivity index (χ2n) is 10.1. The molecule has 0 radical (unpaired) electrons. The van der Waals surface area contributed by atoms with Crippen LogP contribution in [-0.2, 0) is 14.4 Å². The normalized spacial score (nSPS) is 23.4. The van der Waals surface area contributed by atoms with Gasteiger partial charge in [-0.25, -0.2) is 0 Å². The summed E-state index contributed by atoms with van der Waals surface area (Å²) in [6.45, 7) is 9.92. The zero-order valence-corrected chi connectivity index (χ0v) is 19.4. The predicted octanol–water partition coefficient (Wildman–Crippen LogP) is 2.09. The van der Waals surface area contributed by atoms with Crippen molar-refractivity contribution in [2.45, 2.75) is 52.6 Å². The molecule has 8 heteroatoms. The second-order valence-corrected chi connectivity index (χ2v) is 10.1. The van der Waals surface area contributed by atoms with Crippen molar-refractivity contribution in [2.75, 3.05) is 37.6 Å². The monoisotopic (exact) mass is 440 g/mol. The van der Waals surface area contributed by atoms with E-state index in [1.165, 1.54) is 0 Å². The van der Waals surface area contributed by atoms with Gasteiger partial charge >= 0.3 is 0 Å². The van der Waals surface area contributed by atoms with Gasteiger partial charge < -0.3 is 14.7 Å². The van der Waals surface area contributed by atoms with Crippen molar-refractivity contribution in [2.24, 2.45) is 5.41 Å². The molecule has 8 nitrogen and oxygen atoms in total. The highest BCUT2D eigenvalue weighted by Gasteiger charge is 2.52. The predicted molar refractivity (Wildman–Crippen MR) is 120 cm³/mol. The number of benzene rings is 1. The molecule has 0 bridgehead atoms. The van der Waals surface area contributed by atoms with Gasteiger partial charge in [0.2, 0.25) is 17.7 Å². The number of hydrogen-bond acceptors (Lipinski definition) is 4. The first-order valence-electron chi connectivity index (χ1n) is 11.4. The summed E-state index contributed by atoms with van der Waals surface area (Å²) in [6, 6.07) is 7.18. The minimum absolute atomic E-state index is 0.00316. The molecule has 32 heavy (non-hydrogen) atoms. The molecule has 1 unspecified atom stereocenters. The number of piperazine rings is 1. The van der Waals surface area contributed by atoms with Crippen LogP contribution in [0, 0.1) is 5.41 Å². The molecule has 2 fully saturated rings. The van der Waals surface area contributed by atoms with Crippen LogP contribution >= 0.6 is 0 Å². The molecule has 172 valence electrons. The maximum Gasteiger partial charge on any atom is 0.257 e. The van der Waals surface area contributed by atoms with Gasteiger partial charge in [0, 0.05) is 51.0 Å². The van der Waals surface area contributed by atoms with E-state index in [4.69, 9.17) is 0 Å². The Hall–Kier alpha value is -2.90. The van der Waals surface area contributed by atoms with Gasteiger partial charge in [0.1, 0.15) is 5.66 Å². The maximum atomic E-state index is 13.3. The van der Waals surface area contributed by atoms with E-state index >= 15 is 0 Å². The zero-order valence-electron chi connectivity index (χ0n) is 19.4. The number of carbonyl (C=O) groups is 4. The zero-order chi connectivity index (χ0) is 23.3. The van der Waals surface area contributed by atoms with Crippen LogP contribution in [0.4, 0.5) is 5.69 Å². The molecule has 1 aromatic carbocycles. The summed E-state index contributed by atoms with van der Waals surface area (Å²) in [5.41, 5.74) is -0.0238. The smallest absolute Gasteiger partial charge is 0.257 e. The van der Waals surface area contributed by atoms with Crippen LogP contribution in [-0.4, -0.2) is 76.7 Å². The molecule has 2 saturated heterocycles. The highest BCUT2D eigenvalue weighted by atomic mass is 16.2. The number of rotatable bonds is 3. The summed E-state index contributed by atoms with van der Waals surface area (Å²) in [5.74, 6) is -0.0639. The third kappa shape index (κ3) is 3.65. The van der Waals surface area contributed by atoms with Crippen molar-refractivity contribution >= 4 is 29.3 Å². The van der Waals surface area contributed by atoms with Gasteiger partial charge in [-0.1, -0.05) is 32.9 Å². The fourth-order valence-electron chi connectivity index (χ4n) is 5.04. The minimum Gasteiger partial charge on any atom is -0.339 e. The summed E-state index contributed by atoms with van der Waals surface area (Å²) < 4.78 is 0. The molecule has 0 aliphatic carbocycles. The summed E-state index contributed by atoms with van der Waals surface area (Å²) >= 11 is 0. The van der Waals surface area contributed by atoms with Crippen LogP contribution < -0.4 is 4.90 Å². The Morgan fingerprint density at radius 3 is 2.28 bits per heavy atom. The average molecular weight is 441 g/mol. The highest BCUT2D eigenvalue weighted by molar-refractivity contribution is 6.10. The number of fused-ring (bicyclic) bond motifs is 3. The molecule has 0 spiro atoms. The van der Waals surface area contributed by atoms with Crippen LogP contribution in [0.3, 0.4) is 0 Å². The highest BCUT2D eigenvalue weighted by Crippen LogP contribution is 2.44. The van der Waals surface area contributed by atoms with E-state index in [1.54, 1.807) is 26.8 Å². The maximum absolute atomic E-state index is 13.3. The molecule has 0 aromatic heterocycles. The van der Waals surface area contributed by atoms with E-state index < -0.39 is 11.1 Å². The molecule has 1 aromatic rings. The van der Waals surface area contributed by atoms with E-state index in [1.807, 2.05) is 44.7 Å². The van der Waals surface area contributed by atoms with Gasteiger partial charge in [0.05, 0.1) is 11.3 Å². The molecule has 3 aliphatic rings. The summed E-state index contributed by atoms with van der Waals surface area (Å²) in [6.07, 6.45) is 1.12. The molecule has 0 saturated carbocycles. The fourth-order valence-corrected chi connectivity index (χ4v) is 5.04. The Balaban J connectivity index is 1.43. The van der Waals surface area contributed by atoms with Gasteiger partial charge in [-0.05, 0) is 25.5 Å². The molecule has 3 aliphatic heterocycles. The summed E-state index contributed by atoms with van der Waals surface area (Å²) in [5, 5.41) is 0. The molecule has 4 rings (SSSR count). The first kappa shape index (κ1) is 22.3. The van der Waals surface area contributed by atoms with Crippen LogP contribution in [0.2, 0.25) is 0 Å². The molecule has 1 atom stereocenters. The Morgan fingerprint density at radius 2 is 1.62 bits per heavy atom. The van der Waals surface area contributed by atoms with Crippen molar-refractivity contribution < 1.29 is 19.2 Å². The average Bonchev–Trinajstić information content (AvgIpc) is 3.07. The van der Waals surface area contributed by atoms with Gasteiger partial charge in [-0.2, -0.15) is 0 Å². The van der Waals surface area contributed by atoms with E-state index in [9.17, 15) is 19.2 Å². The van der Waals surface area contributed by atoms with Gasteiger partial charge in [0.25, 0.3) is 5.91 Å². The van der Waals surface area contributed by atoms with Crippen LogP contribution in [0.5, 0.6) is 0 Å². The second kappa shape index (κ2) is 7.90. The number of carbonyl (C=O) groups excluding carboxylic acids is 4. The van der Waals surface area contributed by atoms with Crippen LogP contribution in [0.25, 0.3) is 0 Å². The number of hydrogen-bond donors (Lipinski definition) is 0. The lowest BCUT2D eigenvalue weighted by molar-refractivity contribution is -0.145. The van der Waals surface area contributed by atoms with Gasteiger partial charge in [-0.3, -0.25) is 24.1 Å². The van der Waals surface area contributed by atoms with E-state index in [2.05, 4.69) is 0 Å².